The van der Waals surface area contributed by atoms with E-state index >= 15 is 0 Å². The quantitative estimate of drug-likeness (QED) is 0.659. The predicted molar refractivity (Wildman–Crippen MR) is 107 cm³/mol. The van der Waals surface area contributed by atoms with E-state index in [0.717, 1.165) is 6.42 Å². The van der Waals surface area contributed by atoms with E-state index in [0.29, 0.717) is 0 Å². The van der Waals surface area contributed by atoms with Crippen LogP contribution in [-0.2, 0) is 4.43 Å². The van der Waals surface area contributed by atoms with Gasteiger partial charge in [0, 0.05) is 5.92 Å². The Morgan fingerprint density at radius 2 is 1.48 bits per heavy atom. The first-order valence-corrected chi connectivity index (χ1v) is 10.9. The van der Waals surface area contributed by atoms with Crippen LogP contribution in [0.3, 0.4) is 0 Å². The third kappa shape index (κ3) is 3.12. The maximum atomic E-state index is 10.5. The molecule has 0 spiro atoms. The molecule has 0 saturated heterocycles. The summed E-state index contributed by atoms with van der Waals surface area (Å²) in [4.78, 5) is 0. The molecule has 0 radical (unpaired) electrons. The summed E-state index contributed by atoms with van der Waals surface area (Å²) in [5.74, 6) is 0.142. The van der Waals surface area contributed by atoms with Crippen LogP contribution in [0.5, 0.6) is 0 Å². The number of hydrogen-bond acceptors (Lipinski definition) is 2. The number of aliphatic hydroxyl groups excluding tert-OH is 1. The Labute approximate surface area is 152 Å². The Morgan fingerprint density at radius 3 is 1.84 bits per heavy atom. The molecular weight excluding hydrogens is 324 g/mol. The Kier molecular flexibility index (Phi) is 5.01. The van der Waals surface area contributed by atoms with Crippen LogP contribution >= 0.6 is 0 Å². The summed E-state index contributed by atoms with van der Waals surface area (Å²) >= 11 is 0. The third-order valence-electron chi connectivity index (χ3n) is 5.37. The summed E-state index contributed by atoms with van der Waals surface area (Å²) in [7, 11) is -2.56. The van der Waals surface area contributed by atoms with Crippen LogP contribution in [0.25, 0.3) is 0 Å². The second-order valence-corrected chi connectivity index (χ2v) is 12.2. The molecule has 1 N–H and O–H groups in total. The van der Waals surface area contributed by atoms with Crippen molar-refractivity contribution in [2.45, 2.75) is 44.4 Å². The molecule has 132 valence electrons. The fraction of sp³-hybridized carbons (Fsp3) is 0.364. The molecule has 0 heterocycles. The van der Waals surface area contributed by atoms with Crippen LogP contribution < -0.4 is 10.4 Å². The SMILES string of the molecule is C=C[C@@H]1C[C@H](O[Si](c2ccccc2)(c2ccccc2)C(C)(C)C)[C@@H]1O. The summed E-state index contributed by atoms with van der Waals surface area (Å²) in [5, 5.41) is 13.0. The van der Waals surface area contributed by atoms with E-state index in [1.807, 2.05) is 18.2 Å². The van der Waals surface area contributed by atoms with Crippen LogP contribution in [0.2, 0.25) is 5.04 Å². The normalized spacial score (nSPS) is 23.8. The van der Waals surface area contributed by atoms with Crippen molar-refractivity contribution >= 4 is 18.7 Å². The number of benzene rings is 2. The molecule has 0 amide bonds. The van der Waals surface area contributed by atoms with E-state index in [-0.39, 0.29) is 17.1 Å². The van der Waals surface area contributed by atoms with Crippen molar-refractivity contribution in [1.29, 1.82) is 0 Å². The molecule has 25 heavy (non-hydrogen) atoms. The number of hydrogen-bond donors (Lipinski definition) is 1. The highest BCUT2D eigenvalue weighted by Gasteiger charge is 2.54. The second-order valence-electron chi connectivity index (χ2n) is 7.95. The molecular formula is C22H28O2Si. The Hall–Kier alpha value is -1.68. The van der Waals surface area contributed by atoms with Crippen LogP contribution in [0.15, 0.2) is 73.3 Å². The van der Waals surface area contributed by atoms with E-state index in [4.69, 9.17) is 4.43 Å². The van der Waals surface area contributed by atoms with Gasteiger partial charge in [-0.1, -0.05) is 87.5 Å². The predicted octanol–water partition coefficient (Wildman–Crippen LogP) is 3.50. The van der Waals surface area contributed by atoms with E-state index in [1.165, 1.54) is 10.4 Å². The Balaban J connectivity index is 2.11. The van der Waals surface area contributed by atoms with Gasteiger partial charge in [0.25, 0.3) is 8.32 Å². The van der Waals surface area contributed by atoms with Crippen LogP contribution in [0, 0.1) is 5.92 Å². The van der Waals surface area contributed by atoms with Gasteiger partial charge >= 0.3 is 0 Å². The summed E-state index contributed by atoms with van der Waals surface area (Å²) in [6.07, 6.45) is 2.10. The van der Waals surface area contributed by atoms with E-state index in [9.17, 15) is 5.11 Å². The molecule has 2 aromatic rings. The standard InChI is InChI=1S/C22H28O2Si/c1-5-17-16-20(21(17)23)24-25(22(2,3)4,18-12-8-6-9-13-18)19-14-10-7-11-15-19/h5-15,17,20-21,23H,1,16H2,2-4H3/t17-,20+,21-/m1/s1. The molecule has 2 aromatic carbocycles. The van der Waals surface area contributed by atoms with Gasteiger partial charge in [-0.2, -0.15) is 0 Å². The molecule has 3 heteroatoms. The fourth-order valence-electron chi connectivity index (χ4n) is 3.90. The van der Waals surface area contributed by atoms with Crippen molar-refractivity contribution in [1.82, 2.24) is 0 Å². The van der Waals surface area contributed by atoms with Gasteiger partial charge in [-0.05, 0) is 21.8 Å². The first-order chi connectivity index (χ1) is 11.9. The van der Waals surface area contributed by atoms with Crippen molar-refractivity contribution < 1.29 is 9.53 Å². The van der Waals surface area contributed by atoms with E-state index in [2.05, 4.69) is 75.9 Å². The van der Waals surface area contributed by atoms with Gasteiger partial charge in [-0.3, -0.25) is 0 Å². The maximum absolute atomic E-state index is 10.5. The monoisotopic (exact) mass is 352 g/mol. The van der Waals surface area contributed by atoms with Gasteiger partial charge in [0.15, 0.2) is 0 Å². The van der Waals surface area contributed by atoms with E-state index < -0.39 is 14.4 Å². The number of rotatable bonds is 5. The van der Waals surface area contributed by atoms with Gasteiger partial charge in [0.1, 0.15) is 0 Å². The van der Waals surface area contributed by atoms with Gasteiger partial charge in [-0.25, -0.2) is 0 Å². The Bertz CT molecular complexity index is 666. The minimum atomic E-state index is -2.56. The zero-order valence-corrected chi connectivity index (χ0v) is 16.4. The molecule has 1 saturated carbocycles. The van der Waals surface area contributed by atoms with E-state index in [1.54, 1.807) is 0 Å². The summed E-state index contributed by atoms with van der Waals surface area (Å²) in [6, 6.07) is 21.1. The highest BCUT2D eigenvalue weighted by molar-refractivity contribution is 6.99. The minimum Gasteiger partial charge on any atom is -0.402 e. The zero-order valence-electron chi connectivity index (χ0n) is 15.4. The first-order valence-electron chi connectivity index (χ1n) is 8.99. The molecule has 1 aliphatic carbocycles. The molecule has 3 rings (SSSR count). The summed E-state index contributed by atoms with van der Waals surface area (Å²) in [6.45, 7) is 10.6. The lowest BCUT2D eigenvalue weighted by atomic mass is 9.79. The highest BCUT2D eigenvalue weighted by atomic mass is 28.4. The van der Waals surface area contributed by atoms with Gasteiger partial charge in [0.05, 0.1) is 12.2 Å². The van der Waals surface area contributed by atoms with Crippen molar-refractivity contribution in [2.24, 2.45) is 5.92 Å². The average molecular weight is 353 g/mol. The lowest BCUT2D eigenvalue weighted by Gasteiger charge is -2.50. The molecule has 2 nitrogen and oxygen atoms in total. The summed E-state index contributed by atoms with van der Waals surface area (Å²) in [5.41, 5.74) is 0. The van der Waals surface area contributed by atoms with Crippen LogP contribution in [0.1, 0.15) is 27.2 Å². The molecule has 3 atom stereocenters. The topological polar surface area (TPSA) is 29.5 Å². The van der Waals surface area contributed by atoms with Crippen molar-refractivity contribution in [3.05, 3.63) is 73.3 Å². The minimum absolute atomic E-state index is 0.0608. The largest absolute Gasteiger partial charge is 0.402 e. The molecule has 0 unspecified atom stereocenters. The third-order valence-corrected chi connectivity index (χ3v) is 10.4. The molecule has 0 aromatic heterocycles. The molecule has 0 aliphatic heterocycles. The zero-order chi connectivity index (χ0) is 18.1. The van der Waals surface area contributed by atoms with Gasteiger partial charge in [-0.15, -0.1) is 6.58 Å². The smallest absolute Gasteiger partial charge is 0.261 e. The number of aliphatic hydroxyl groups is 1. The highest BCUT2D eigenvalue weighted by Crippen LogP contribution is 2.41. The van der Waals surface area contributed by atoms with Crippen LogP contribution in [0.4, 0.5) is 0 Å². The second kappa shape index (κ2) is 6.91. The van der Waals surface area contributed by atoms with Crippen molar-refractivity contribution in [3.63, 3.8) is 0 Å². The lowest BCUT2D eigenvalue weighted by Crippen LogP contribution is -2.70. The van der Waals surface area contributed by atoms with Gasteiger partial charge in [0.2, 0.25) is 0 Å². The maximum Gasteiger partial charge on any atom is 0.261 e. The fourth-order valence-corrected chi connectivity index (χ4v) is 8.60. The average Bonchev–Trinajstić information content (AvgIpc) is 2.61. The van der Waals surface area contributed by atoms with Crippen molar-refractivity contribution in [2.75, 3.05) is 0 Å². The Morgan fingerprint density at radius 1 is 1.00 bits per heavy atom. The lowest BCUT2D eigenvalue weighted by molar-refractivity contribution is -0.0743. The molecule has 1 aliphatic rings. The first kappa shape index (κ1) is 18.1. The van der Waals surface area contributed by atoms with Crippen LogP contribution in [-0.4, -0.2) is 25.6 Å². The summed E-state index contributed by atoms with van der Waals surface area (Å²) < 4.78 is 6.90. The van der Waals surface area contributed by atoms with Gasteiger partial charge < -0.3 is 9.53 Å². The molecule has 0 bridgehead atoms. The van der Waals surface area contributed by atoms with Crippen molar-refractivity contribution in [3.8, 4) is 0 Å². The molecule has 1 fully saturated rings.